The Balaban J connectivity index is 1.46. The van der Waals surface area contributed by atoms with Gasteiger partial charge in [0.05, 0.1) is 21.9 Å². The fourth-order valence-corrected chi connectivity index (χ4v) is 6.36. The molecule has 12 heteroatoms. The highest BCUT2D eigenvalue weighted by atomic mass is 79.9. The van der Waals surface area contributed by atoms with Gasteiger partial charge >= 0.3 is 6.01 Å². The molecule has 2 aromatic rings. The van der Waals surface area contributed by atoms with Crippen molar-refractivity contribution in [1.82, 2.24) is 14.9 Å². The molecule has 3 aliphatic heterocycles. The van der Waals surface area contributed by atoms with E-state index in [9.17, 15) is 13.2 Å². The second kappa shape index (κ2) is 7.96. The van der Waals surface area contributed by atoms with Gasteiger partial charge in [-0.25, -0.2) is 17.6 Å². The predicted octanol–water partition coefficient (Wildman–Crippen LogP) is 5.14. The standard InChI is InChI=1S/C22H22BrClF4N4O2/c23-13-14(24)17-12-16(15(13)26)29-20(34-10-21-2-1-5-31(21)9-11(25)8-21)30-18(12)32(6-7-33-17)22(3-4-22)19(27)28/h11,19H,1-10H2/t11-,21+/m1/s1. The zero-order chi connectivity index (χ0) is 23.8. The molecule has 6 nitrogen and oxygen atoms in total. The molecule has 0 N–H and O–H groups in total. The summed E-state index contributed by atoms with van der Waals surface area (Å²) in [5, 5.41) is 0.139. The molecule has 1 aliphatic carbocycles. The van der Waals surface area contributed by atoms with Crippen LogP contribution in [-0.2, 0) is 0 Å². The normalized spacial score (nSPS) is 27.7. The van der Waals surface area contributed by atoms with Gasteiger partial charge in [-0.2, -0.15) is 9.97 Å². The minimum Gasteiger partial charge on any atom is -0.489 e. The molecule has 3 fully saturated rings. The molecule has 2 atom stereocenters. The van der Waals surface area contributed by atoms with Gasteiger partial charge in [-0.15, -0.1) is 0 Å². The van der Waals surface area contributed by atoms with Crippen LogP contribution in [0.15, 0.2) is 4.47 Å². The lowest BCUT2D eigenvalue weighted by atomic mass is 9.95. The third-order valence-electron chi connectivity index (χ3n) is 7.64. The molecule has 0 radical (unpaired) electrons. The molecule has 1 aromatic heterocycles. The Hall–Kier alpha value is -1.59. The maximum atomic E-state index is 15.3. The highest BCUT2D eigenvalue weighted by molar-refractivity contribution is 9.10. The number of ether oxygens (including phenoxy) is 2. The van der Waals surface area contributed by atoms with E-state index in [0.717, 1.165) is 19.4 Å². The molecule has 1 saturated carbocycles. The largest absolute Gasteiger partial charge is 0.489 e. The lowest BCUT2D eigenvalue weighted by Gasteiger charge is -2.32. The number of halogens is 6. The van der Waals surface area contributed by atoms with Crippen LogP contribution in [0.25, 0.3) is 10.9 Å². The van der Waals surface area contributed by atoms with Gasteiger partial charge in [0, 0.05) is 13.0 Å². The van der Waals surface area contributed by atoms with Crippen molar-refractivity contribution in [3.63, 3.8) is 0 Å². The molecule has 34 heavy (non-hydrogen) atoms. The first kappa shape index (κ1) is 22.8. The third-order valence-corrected chi connectivity index (χ3v) is 8.98. The summed E-state index contributed by atoms with van der Waals surface area (Å²) in [5.41, 5.74) is -1.98. The predicted molar refractivity (Wildman–Crippen MR) is 122 cm³/mol. The number of aromatic nitrogens is 2. The summed E-state index contributed by atoms with van der Waals surface area (Å²) in [4.78, 5) is 12.4. The molecule has 0 unspecified atom stereocenters. The first-order valence-corrected chi connectivity index (χ1v) is 12.5. The summed E-state index contributed by atoms with van der Waals surface area (Å²) in [7, 11) is 0. The van der Waals surface area contributed by atoms with Gasteiger partial charge in [-0.1, -0.05) is 11.6 Å². The van der Waals surface area contributed by atoms with Crippen molar-refractivity contribution < 1.29 is 27.0 Å². The van der Waals surface area contributed by atoms with E-state index < -0.39 is 29.5 Å². The monoisotopic (exact) mass is 564 g/mol. The van der Waals surface area contributed by atoms with Crippen LogP contribution in [0.2, 0.25) is 5.02 Å². The smallest absolute Gasteiger partial charge is 0.319 e. The molecule has 184 valence electrons. The van der Waals surface area contributed by atoms with Crippen LogP contribution >= 0.6 is 27.5 Å². The van der Waals surface area contributed by atoms with Gasteiger partial charge in [0.1, 0.15) is 41.3 Å². The topological polar surface area (TPSA) is 50.7 Å². The molecular weight excluding hydrogens is 544 g/mol. The zero-order valence-corrected chi connectivity index (χ0v) is 20.4. The third kappa shape index (κ3) is 3.29. The number of hydrogen-bond donors (Lipinski definition) is 0. The summed E-state index contributed by atoms with van der Waals surface area (Å²) in [5.74, 6) is -0.486. The maximum Gasteiger partial charge on any atom is 0.319 e. The molecule has 6 rings (SSSR count). The fraction of sp³-hybridized carbons (Fsp3) is 0.636. The number of anilines is 1. The Labute approximate surface area is 206 Å². The van der Waals surface area contributed by atoms with E-state index in [1.807, 2.05) is 0 Å². The summed E-state index contributed by atoms with van der Waals surface area (Å²) in [6, 6.07) is -0.137. The molecule has 4 aliphatic rings. The van der Waals surface area contributed by atoms with Crippen LogP contribution in [0.4, 0.5) is 23.4 Å². The Morgan fingerprint density at radius 3 is 2.76 bits per heavy atom. The molecule has 0 amide bonds. The lowest BCUT2D eigenvalue weighted by molar-refractivity contribution is 0.0977. The number of fused-ring (bicyclic) bond motifs is 1. The van der Waals surface area contributed by atoms with E-state index in [1.54, 1.807) is 0 Å². The van der Waals surface area contributed by atoms with Gasteiger partial charge in [0.15, 0.2) is 11.6 Å². The van der Waals surface area contributed by atoms with Crippen molar-refractivity contribution in [2.24, 2.45) is 0 Å². The summed E-state index contributed by atoms with van der Waals surface area (Å²) in [6.45, 7) is 1.49. The quantitative estimate of drug-likeness (QED) is 0.370. The summed E-state index contributed by atoms with van der Waals surface area (Å²) in [6.07, 6.45) is -0.924. The first-order valence-electron chi connectivity index (χ1n) is 11.3. The first-order chi connectivity index (χ1) is 16.3. The number of rotatable bonds is 5. The Kier molecular flexibility index (Phi) is 5.35. The van der Waals surface area contributed by atoms with E-state index in [4.69, 9.17) is 21.1 Å². The number of benzene rings is 1. The van der Waals surface area contributed by atoms with Crippen molar-refractivity contribution >= 4 is 44.3 Å². The SMILES string of the molecule is Fc1c(Br)c(Cl)c2c3c(nc(OC[C@@]45CCCN4C[C@H](F)C5)nc13)N(C1(C(F)F)CC1)CCO2. The second-order valence-corrected chi connectivity index (χ2v) is 10.8. The number of nitrogens with zero attached hydrogens (tertiary/aromatic N) is 4. The highest BCUT2D eigenvalue weighted by Crippen LogP contribution is 2.53. The maximum absolute atomic E-state index is 15.3. The summed E-state index contributed by atoms with van der Waals surface area (Å²) < 4.78 is 69.4. The minimum absolute atomic E-state index is 0.00677. The van der Waals surface area contributed by atoms with Crippen molar-refractivity contribution in [1.29, 1.82) is 0 Å². The van der Waals surface area contributed by atoms with E-state index in [2.05, 4.69) is 30.8 Å². The van der Waals surface area contributed by atoms with Crippen molar-refractivity contribution in [2.45, 2.75) is 55.8 Å². The molecule has 4 heterocycles. The van der Waals surface area contributed by atoms with Gasteiger partial charge in [0.25, 0.3) is 6.43 Å². The minimum atomic E-state index is -2.62. The van der Waals surface area contributed by atoms with E-state index >= 15 is 4.39 Å². The van der Waals surface area contributed by atoms with Crippen molar-refractivity contribution in [3.05, 3.63) is 15.3 Å². The van der Waals surface area contributed by atoms with Crippen LogP contribution in [0, 0.1) is 5.82 Å². The zero-order valence-electron chi connectivity index (χ0n) is 18.1. The van der Waals surface area contributed by atoms with Gasteiger partial charge in [0.2, 0.25) is 0 Å². The van der Waals surface area contributed by atoms with Crippen LogP contribution < -0.4 is 14.4 Å². The second-order valence-electron chi connectivity index (χ2n) is 9.59. The highest BCUT2D eigenvalue weighted by Gasteiger charge is 2.57. The van der Waals surface area contributed by atoms with Crippen LogP contribution in [0.1, 0.15) is 32.1 Å². The average molecular weight is 566 g/mol. The fourth-order valence-electron chi connectivity index (χ4n) is 5.76. The Morgan fingerprint density at radius 1 is 1.24 bits per heavy atom. The van der Waals surface area contributed by atoms with Crippen LogP contribution in [0.5, 0.6) is 11.8 Å². The van der Waals surface area contributed by atoms with Crippen LogP contribution in [-0.4, -0.2) is 71.4 Å². The van der Waals surface area contributed by atoms with Crippen LogP contribution in [0.3, 0.4) is 0 Å². The molecule has 1 aromatic carbocycles. The lowest BCUT2D eigenvalue weighted by Crippen LogP contribution is -2.45. The van der Waals surface area contributed by atoms with E-state index in [-0.39, 0.29) is 70.6 Å². The molecular formula is C22H22BrClF4N4O2. The van der Waals surface area contributed by atoms with Crippen molar-refractivity contribution in [3.8, 4) is 11.8 Å². The van der Waals surface area contributed by atoms with Gasteiger partial charge < -0.3 is 14.4 Å². The molecule has 0 spiro atoms. The molecule has 2 saturated heterocycles. The van der Waals surface area contributed by atoms with Crippen molar-refractivity contribution in [2.75, 3.05) is 37.7 Å². The number of hydrogen-bond acceptors (Lipinski definition) is 6. The average Bonchev–Trinajstić information content (AvgIpc) is 3.48. The van der Waals surface area contributed by atoms with Gasteiger partial charge in [-0.3, -0.25) is 4.90 Å². The van der Waals surface area contributed by atoms with E-state index in [1.165, 1.54) is 4.90 Å². The Bertz CT molecular complexity index is 1170. The Morgan fingerprint density at radius 2 is 2.03 bits per heavy atom. The number of alkyl halides is 3. The molecule has 0 bridgehead atoms. The van der Waals surface area contributed by atoms with E-state index in [0.29, 0.717) is 13.0 Å². The van der Waals surface area contributed by atoms with Gasteiger partial charge in [-0.05, 0) is 48.2 Å². The summed E-state index contributed by atoms with van der Waals surface area (Å²) >= 11 is 9.50.